The van der Waals surface area contributed by atoms with E-state index in [1.54, 1.807) is 7.11 Å². The van der Waals surface area contributed by atoms with Crippen LogP contribution in [0.4, 0.5) is 0 Å². The van der Waals surface area contributed by atoms with Crippen LogP contribution < -0.4 is 10.1 Å². The molecule has 1 N–H and O–H groups in total. The van der Waals surface area contributed by atoms with Gasteiger partial charge in [-0.25, -0.2) is 0 Å². The molecule has 2 rings (SSSR count). The van der Waals surface area contributed by atoms with E-state index in [-0.39, 0.29) is 6.04 Å². The lowest BCUT2D eigenvalue weighted by Crippen LogP contribution is -2.18. The van der Waals surface area contributed by atoms with Gasteiger partial charge in [0.2, 0.25) is 0 Å². The summed E-state index contributed by atoms with van der Waals surface area (Å²) in [7, 11) is 1.68. The van der Waals surface area contributed by atoms with Crippen molar-refractivity contribution in [2.75, 3.05) is 7.11 Å². The topological polar surface area (TPSA) is 47.3 Å². The van der Waals surface area contributed by atoms with Gasteiger partial charge < -0.3 is 14.6 Å². The number of nitrogens with one attached hydrogen (secondary N) is 1. The van der Waals surface area contributed by atoms with E-state index in [9.17, 15) is 0 Å². The zero-order valence-electron chi connectivity index (χ0n) is 10.9. The van der Waals surface area contributed by atoms with Crippen LogP contribution in [0.25, 0.3) is 0 Å². The normalized spacial score (nSPS) is 12.4. The molecule has 0 aliphatic heterocycles. The zero-order valence-corrected chi connectivity index (χ0v) is 10.9. The molecule has 0 saturated heterocycles. The van der Waals surface area contributed by atoms with Gasteiger partial charge in [-0.2, -0.15) is 0 Å². The van der Waals surface area contributed by atoms with Crippen LogP contribution >= 0.6 is 0 Å². The molecule has 0 bridgehead atoms. The summed E-state index contributed by atoms with van der Waals surface area (Å²) >= 11 is 0. The number of ether oxygens (including phenoxy) is 1. The minimum atomic E-state index is 0.233. The van der Waals surface area contributed by atoms with Crippen LogP contribution in [0.1, 0.15) is 30.0 Å². The number of aryl methyl sites for hydroxylation is 1. The second-order valence-electron chi connectivity index (χ2n) is 4.31. The van der Waals surface area contributed by atoms with Gasteiger partial charge in [-0.1, -0.05) is 17.3 Å². The van der Waals surface area contributed by atoms with E-state index in [2.05, 4.69) is 23.5 Å². The Morgan fingerprint density at radius 3 is 2.89 bits per heavy atom. The van der Waals surface area contributed by atoms with Crippen LogP contribution in [0.15, 0.2) is 34.9 Å². The van der Waals surface area contributed by atoms with Crippen LogP contribution in [0.3, 0.4) is 0 Å². The first kappa shape index (κ1) is 12.6. The predicted molar refractivity (Wildman–Crippen MR) is 69.5 cm³/mol. The maximum Gasteiger partial charge on any atom is 0.133 e. The maximum absolute atomic E-state index is 5.22. The van der Waals surface area contributed by atoms with E-state index in [0.717, 1.165) is 17.2 Å². The van der Waals surface area contributed by atoms with E-state index in [1.807, 2.05) is 31.2 Å². The molecule has 1 heterocycles. The van der Waals surface area contributed by atoms with Gasteiger partial charge >= 0.3 is 0 Å². The van der Waals surface area contributed by atoms with Crippen molar-refractivity contribution >= 4 is 0 Å². The van der Waals surface area contributed by atoms with Crippen LogP contribution in [0.5, 0.6) is 5.75 Å². The molecule has 0 aliphatic carbocycles. The van der Waals surface area contributed by atoms with Crippen molar-refractivity contribution in [3.05, 3.63) is 47.3 Å². The van der Waals surface area contributed by atoms with Crippen molar-refractivity contribution < 1.29 is 9.26 Å². The minimum Gasteiger partial charge on any atom is -0.497 e. The fourth-order valence-electron chi connectivity index (χ4n) is 1.79. The summed E-state index contributed by atoms with van der Waals surface area (Å²) in [5, 5.41) is 7.35. The van der Waals surface area contributed by atoms with Crippen LogP contribution in [-0.4, -0.2) is 12.3 Å². The Labute approximate surface area is 107 Å². The summed E-state index contributed by atoms with van der Waals surface area (Å²) in [6.45, 7) is 4.69. The molecule has 0 amide bonds. The summed E-state index contributed by atoms with van der Waals surface area (Å²) < 4.78 is 10.2. The van der Waals surface area contributed by atoms with Gasteiger partial charge in [0.15, 0.2) is 0 Å². The Morgan fingerprint density at radius 2 is 2.22 bits per heavy atom. The molecule has 4 nitrogen and oxygen atoms in total. The van der Waals surface area contributed by atoms with Crippen molar-refractivity contribution in [2.24, 2.45) is 0 Å². The third-order valence-corrected chi connectivity index (χ3v) is 2.86. The fraction of sp³-hybridized carbons (Fsp3) is 0.357. The highest BCUT2D eigenvalue weighted by molar-refractivity contribution is 5.30. The number of hydrogen-bond donors (Lipinski definition) is 1. The third kappa shape index (κ3) is 3.11. The molecule has 0 spiro atoms. The molecule has 1 unspecified atom stereocenters. The fourth-order valence-corrected chi connectivity index (χ4v) is 1.79. The van der Waals surface area contributed by atoms with Gasteiger partial charge in [-0.15, -0.1) is 0 Å². The monoisotopic (exact) mass is 246 g/mol. The molecule has 0 aliphatic rings. The first-order valence-electron chi connectivity index (χ1n) is 5.98. The molecule has 0 saturated carbocycles. The van der Waals surface area contributed by atoms with Gasteiger partial charge in [-0.05, 0) is 31.5 Å². The number of benzene rings is 1. The standard InChI is InChI=1S/C14H18N2O2/c1-10-7-13(16-18-10)9-15-11(2)12-5-4-6-14(8-12)17-3/h4-8,11,15H,9H2,1-3H3. The second-order valence-corrected chi connectivity index (χ2v) is 4.31. The van der Waals surface area contributed by atoms with Gasteiger partial charge in [0.05, 0.1) is 12.8 Å². The molecule has 0 fully saturated rings. The molecule has 96 valence electrons. The highest BCUT2D eigenvalue weighted by Crippen LogP contribution is 2.19. The smallest absolute Gasteiger partial charge is 0.133 e. The number of aromatic nitrogens is 1. The van der Waals surface area contributed by atoms with E-state index in [1.165, 1.54) is 5.56 Å². The predicted octanol–water partition coefficient (Wildman–Crippen LogP) is 2.84. The molecule has 18 heavy (non-hydrogen) atoms. The van der Waals surface area contributed by atoms with Crippen molar-refractivity contribution in [1.82, 2.24) is 10.5 Å². The zero-order chi connectivity index (χ0) is 13.0. The van der Waals surface area contributed by atoms with Crippen LogP contribution in [-0.2, 0) is 6.54 Å². The van der Waals surface area contributed by atoms with E-state index >= 15 is 0 Å². The van der Waals surface area contributed by atoms with Gasteiger partial charge in [0, 0.05) is 18.7 Å². The average molecular weight is 246 g/mol. The van der Waals surface area contributed by atoms with Crippen LogP contribution in [0.2, 0.25) is 0 Å². The van der Waals surface area contributed by atoms with Gasteiger partial charge in [0.25, 0.3) is 0 Å². The summed E-state index contributed by atoms with van der Waals surface area (Å²) in [5.74, 6) is 1.71. The highest BCUT2D eigenvalue weighted by atomic mass is 16.5. The lowest BCUT2D eigenvalue weighted by atomic mass is 10.1. The van der Waals surface area contributed by atoms with Crippen molar-refractivity contribution in [3.8, 4) is 5.75 Å². The second kappa shape index (κ2) is 5.69. The Kier molecular flexibility index (Phi) is 3.99. The minimum absolute atomic E-state index is 0.233. The summed E-state index contributed by atoms with van der Waals surface area (Å²) in [5.41, 5.74) is 2.11. The molecule has 0 radical (unpaired) electrons. The molecular weight excluding hydrogens is 228 g/mol. The molecule has 2 aromatic rings. The molecule has 1 atom stereocenters. The largest absolute Gasteiger partial charge is 0.497 e. The number of rotatable bonds is 5. The summed E-state index contributed by atoms with van der Waals surface area (Å²) in [4.78, 5) is 0. The van der Waals surface area contributed by atoms with Crippen molar-refractivity contribution in [3.63, 3.8) is 0 Å². The SMILES string of the molecule is COc1cccc(C(C)NCc2cc(C)on2)c1. The quantitative estimate of drug-likeness (QED) is 0.881. The lowest BCUT2D eigenvalue weighted by Gasteiger charge is -2.14. The first-order valence-corrected chi connectivity index (χ1v) is 5.98. The Balaban J connectivity index is 1.96. The summed E-state index contributed by atoms with van der Waals surface area (Å²) in [6.07, 6.45) is 0. The lowest BCUT2D eigenvalue weighted by molar-refractivity contribution is 0.386. The highest BCUT2D eigenvalue weighted by Gasteiger charge is 2.07. The van der Waals surface area contributed by atoms with Crippen molar-refractivity contribution in [1.29, 1.82) is 0 Å². The van der Waals surface area contributed by atoms with Crippen LogP contribution in [0, 0.1) is 6.92 Å². The Bertz CT molecular complexity index is 508. The number of nitrogens with zero attached hydrogens (tertiary/aromatic N) is 1. The van der Waals surface area contributed by atoms with E-state index in [4.69, 9.17) is 9.26 Å². The number of methoxy groups -OCH3 is 1. The molecular formula is C14H18N2O2. The molecule has 1 aromatic carbocycles. The molecule has 1 aromatic heterocycles. The van der Waals surface area contributed by atoms with Gasteiger partial charge in [0.1, 0.15) is 11.5 Å². The first-order chi connectivity index (χ1) is 8.69. The maximum atomic E-state index is 5.22. The van der Waals surface area contributed by atoms with Crippen molar-refractivity contribution in [2.45, 2.75) is 26.4 Å². The average Bonchev–Trinajstić information content (AvgIpc) is 2.82. The summed E-state index contributed by atoms with van der Waals surface area (Å²) in [6, 6.07) is 10.2. The molecule has 4 heteroatoms. The van der Waals surface area contributed by atoms with E-state index < -0.39 is 0 Å². The third-order valence-electron chi connectivity index (χ3n) is 2.86. The van der Waals surface area contributed by atoms with E-state index in [0.29, 0.717) is 6.54 Å². The van der Waals surface area contributed by atoms with Gasteiger partial charge in [-0.3, -0.25) is 0 Å². The number of hydrogen-bond acceptors (Lipinski definition) is 4. The Hall–Kier alpha value is -1.81. The Morgan fingerprint density at radius 1 is 1.39 bits per heavy atom.